The van der Waals surface area contributed by atoms with E-state index >= 15 is 0 Å². The number of carbonyl (C=O) groups is 2. The fraction of sp³-hybridized carbons (Fsp3) is 0.500. The van der Waals surface area contributed by atoms with Crippen LogP contribution in [-0.2, 0) is 9.53 Å². The van der Waals surface area contributed by atoms with Gasteiger partial charge in [0.05, 0.1) is 24.5 Å². The third-order valence-electron chi connectivity index (χ3n) is 4.54. The Kier molecular flexibility index (Phi) is 3.55. The predicted molar refractivity (Wildman–Crippen MR) is 79.7 cm³/mol. The van der Waals surface area contributed by atoms with Crippen LogP contribution in [0, 0.1) is 13.8 Å². The molecule has 5 heteroatoms. The summed E-state index contributed by atoms with van der Waals surface area (Å²) in [4.78, 5) is 26.1. The minimum atomic E-state index is -0.521. The van der Waals surface area contributed by atoms with E-state index in [-0.39, 0.29) is 6.04 Å². The number of anilines is 1. The molecule has 2 heterocycles. The minimum absolute atomic E-state index is 0.210. The van der Waals surface area contributed by atoms with Crippen molar-refractivity contribution >= 4 is 17.4 Å². The van der Waals surface area contributed by atoms with Crippen molar-refractivity contribution in [1.82, 2.24) is 4.90 Å². The van der Waals surface area contributed by atoms with Gasteiger partial charge in [-0.1, -0.05) is 6.07 Å². The van der Waals surface area contributed by atoms with Crippen LogP contribution in [-0.4, -0.2) is 42.9 Å². The summed E-state index contributed by atoms with van der Waals surface area (Å²) >= 11 is 0. The summed E-state index contributed by atoms with van der Waals surface area (Å²) in [5.74, 6) is -0.936. The average Bonchev–Trinajstić information content (AvgIpc) is 2.80. The maximum Gasteiger partial charge on any atom is 0.296 e. The molecule has 112 valence electrons. The molecule has 3 rings (SSSR count). The van der Waals surface area contributed by atoms with Crippen molar-refractivity contribution in [2.24, 2.45) is 0 Å². The lowest BCUT2D eigenvalue weighted by Crippen LogP contribution is -2.38. The lowest BCUT2D eigenvalue weighted by atomic mass is 9.92. The molecule has 0 radical (unpaired) electrons. The number of morpholine rings is 1. The zero-order valence-electron chi connectivity index (χ0n) is 12.7. The van der Waals surface area contributed by atoms with Crippen molar-refractivity contribution in [1.29, 1.82) is 0 Å². The molecule has 1 aromatic carbocycles. The van der Waals surface area contributed by atoms with E-state index in [1.165, 1.54) is 0 Å². The van der Waals surface area contributed by atoms with Gasteiger partial charge in [-0.2, -0.15) is 0 Å². The second-order valence-electron chi connectivity index (χ2n) is 5.77. The molecule has 0 saturated carbocycles. The van der Waals surface area contributed by atoms with Crippen LogP contribution in [0.4, 0.5) is 5.69 Å². The van der Waals surface area contributed by atoms with Crippen LogP contribution in [0.1, 0.15) is 40.0 Å². The van der Waals surface area contributed by atoms with Crippen molar-refractivity contribution in [2.45, 2.75) is 26.8 Å². The van der Waals surface area contributed by atoms with Crippen LogP contribution in [0.5, 0.6) is 0 Å². The van der Waals surface area contributed by atoms with Crippen molar-refractivity contribution in [3.05, 3.63) is 28.3 Å². The predicted octanol–water partition coefficient (Wildman–Crippen LogP) is 1.83. The van der Waals surface area contributed by atoms with Crippen molar-refractivity contribution in [3.63, 3.8) is 0 Å². The van der Waals surface area contributed by atoms with Crippen LogP contribution in [0.15, 0.2) is 6.07 Å². The van der Waals surface area contributed by atoms with Gasteiger partial charge < -0.3 is 10.1 Å². The summed E-state index contributed by atoms with van der Waals surface area (Å²) in [5.41, 5.74) is 4.22. The summed E-state index contributed by atoms with van der Waals surface area (Å²) in [5, 5.41) is 2.68. The van der Waals surface area contributed by atoms with E-state index in [2.05, 4.69) is 23.2 Å². The zero-order valence-corrected chi connectivity index (χ0v) is 12.7. The number of benzene rings is 1. The number of carbonyl (C=O) groups excluding carboxylic acids is 2. The van der Waals surface area contributed by atoms with Gasteiger partial charge in [-0.25, -0.2) is 0 Å². The molecule has 0 aromatic heterocycles. The van der Waals surface area contributed by atoms with E-state index in [9.17, 15) is 9.59 Å². The summed E-state index contributed by atoms with van der Waals surface area (Å²) in [6.07, 6.45) is 0. The first kappa shape index (κ1) is 14.2. The molecule has 5 nitrogen and oxygen atoms in total. The summed E-state index contributed by atoms with van der Waals surface area (Å²) in [6, 6.07) is 2.30. The first-order chi connectivity index (χ1) is 10.0. The molecule has 2 aliphatic heterocycles. The van der Waals surface area contributed by atoms with Gasteiger partial charge in [0, 0.05) is 19.1 Å². The Morgan fingerprint density at radius 2 is 1.90 bits per heavy atom. The van der Waals surface area contributed by atoms with Crippen LogP contribution in [0.3, 0.4) is 0 Å². The molecule has 0 spiro atoms. The maximum absolute atomic E-state index is 12.1. The highest BCUT2D eigenvalue weighted by Gasteiger charge is 2.33. The number of nitrogens with one attached hydrogen (secondary N) is 1. The lowest BCUT2D eigenvalue weighted by molar-refractivity contribution is -0.112. The van der Waals surface area contributed by atoms with E-state index < -0.39 is 11.7 Å². The summed E-state index contributed by atoms with van der Waals surface area (Å²) in [6.45, 7) is 9.28. The van der Waals surface area contributed by atoms with Crippen molar-refractivity contribution in [2.75, 3.05) is 31.6 Å². The Bertz CT molecular complexity index is 618. The molecule has 1 N–H and O–H groups in total. The monoisotopic (exact) mass is 288 g/mol. The topological polar surface area (TPSA) is 58.6 Å². The van der Waals surface area contributed by atoms with Gasteiger partial charge in [0.25, 0.3) is 11.7 Å². The molecule has 1 saturated heterocycles. The standard InChI is InChI=1S/C16H20N2O3/c1-9-8-12(11(3)18-4-6-21-7-5-18)10(2)13-14(9)17-16(20)15(13)19/h8,11H,4-7H2,1-3H3,(H,17,19,20). The fourth-order valence-corrected chi connectivity index (χ4v) is 3.27. The maximum atomic E-state index is 12.1. The van der Waals surface area contributed by atoms with Gasteiger partial charge in [0.1, 0.15) is 0 Å². The van der Waals surface area contributed by atoms with Crippen LogP contribution >= 0.6 is 0 Å². The number of nitrogens with zero attached hydrogens (tertiary/aromatic N) is 1. The third kappa shape index (κ3) is 2.26. The number of ketones is 1. The molecule has 1 atom stereocenters. The summed E-state index contributed by atoms with van der Waals surface area (Å²) < 4.78 is 5.39. The number of ether oxygens (including phenoxy) is 1. The SMILES string of the molecule is Cc1cc(C(C)N2CCOCC2)c(C)c2c1NC(=O)C2=O. The first-order valence-electron chi connectivity index (χ1n) is 7.32. The van der Waals surface area contributed by atoms with Gasteiger partial charge in [0.15, 0.2) is 0 Å². The zero-order chi connectivity index (χ0) is 15.1. The molecule has 2 aliphatic rings. The van der Waals surface area contributed by atoms with Gasteiger partial charge in [-0.05, 0) is 37.5 Å². The number of Topliss-reactive ketones (excluding diaryl/α,β-unsaturated/α-hetero) is 1. The average molecular weight is 288 g/mol. The van der Waals surface area contributed by atoms with Crippen LogP contribution < -0.4 is 5.32 Å². The molecule has 1 unspecified atom stereocenters. The highest BCUT2D eigenvalue weighted by Crippen LogP contribution is 2.36. The van der Waals surface area contributed by atoms with E-state index in [4.69, 9.17) is 4.74 Å². The van der Waals surface area contributed by atoms with Crippen LogP contribution in [0.25, 0.3) is 0 Å². The largest absolute Gasteiger partial charge is 0.379 e. The molecule has 21 heavy (non-hydrogen) atoms. The molecular weight excluding hydrogens is 268 g/mol. The second-order valence-corrected chi connectivity index (χ2v) is 5.77. The number of aryl methyl sites for hydroxylation is 1. The number of hydrogen-bond acceptors (Lipinski definition) is 4. The number of hydrogen-bond donors (Lipinski definition) is 1. The summed E-state index contributed by atoms with van der Waals surface area (Å²) in [7, 11) is 0. The Balaban J connectivity index is 2.02. The van der Waals surface area contributed by atoms with Gasteiger partial charge in [-0.15, -0.1) is 0 Å². The molecule has 0 bridgehead atoms. The smallest absolute Gasteiger partial charge is 0.296 e. The fourth-order valence-electron chi connectivity index (χ4n) is 3.27. The Morgan fingerprint density at radius 3 is 2.57 bits per heavy atom. The van der Waals surface area contributed by atoms with E-state index in [1.54, 1.807) is 0 Å². The Morgan fingerprint density at radius 1 is 1.24 bits per heavy atom. The Hall–Kier alpha value is -1.72. The normalized spacial score (nSPS) is 20.3. The third-order valence-corrected chi connectivity index (χ3v) is 4.54. The highest BCUT2D eigenvalue weighted by atomic mass is 16.5. The molecule has 0 aliphatic carbocycles. The first-order valence-corrected chi connectivity index (χ1v) is 7.32. The van der Waals surface area contributed by atoms with E-state index in [0.717, 1.165) is 43.0 Å². The number of fused-ring (bicyclic) bond motifs is 1. The Labute approximate surface area is 124 Å². The van der Waals surface area contributed by atoms with Crippen LogP contribution in [0.2, 0.25) is 0 Å². The van der Waals surface area contributed by atoms with E-state index in [0.29, 0.717) is 11.3 Å². The lowest BCUT2D eigenvalue weighted by Gasteiger charge is -2.33. The molecule has 1 fully saturated rings. The van der Waals surface area contributed by atoms with Crippen molar-refractivity contribution < 1.29 is 14.3 Å². The van der Waals surface area contributed by atoms with E-state index in [1.807, 2.05) is 13.8 Å². The number of rotatable bonds is 2. The minimum Gasteiger partial charge on any atom is -0.379 e. The molecular formula is C16H20N2O3. The second kappa shape index (κ2) is 5.24. The van der Waals surface area contributed by atoms with Crippen molar-refractivity contribution in [3.8, 4) is 0 Å². The van der Waals surface area contributed by atoms with Gasteiger partial charge in [0.2, 0.25) is 0 Å². The molecule has 1 amide bonds. The van der Waals surface area contributed by atoms with Gasteiger partial charge >= 0.3 is 0 Å². The quantitative estimate of drug-likeness (QED) is 0.844. The highest BCUT2D eigenvalue weighted by molar-refractivity contribution is 6.52. The number of amides is 1. The molecule has 1 aromatic rings. The van der Waals surface area contributed by atoms with Gasteiger partial charge in [-0.3, -0.25) is 14.5 Å².